The molecule has 21 heavy (non-hydrogen) atoms. The number of carbonyl (C=O) groups is 1. The van der Waals surface area contributed by atoms with E-state index >= 15 is 0 Å². The van der Waals surface area contributed by atoms with Crippen LogP contribution in [0.5, 0.6) is 17.2 Å². The van der Waals surface area contributed by atoms with Gasteiger partial charge in [-0.25, -0.2) is 0 Å². The summed E-state index contributed by atoms with van der Waals surface area (Å²) in [6.45, 7) is 3.63. The first-order chi connectivity index (χ1) is 10.0. The van der Waals surface area contributed by atoms with E-state index in [0.717, 1.165) is 10.9 Å². The van der Waals surface area contributed by atoms with Crippen molar-refractivity contribution in [1.82, 2.24) is 0 Å². The van der Waals surface area contributed by atoms with Crippen LogP contribution in [0.15, 0.2) is 40.9 Å². The van der Waals surface area contributed by atoms with Gasteiger partial charge in [0, 0.05) is 5.56 Å². The number of methoxy groups -OCH3 is 1. The molecule has 0 aliphatic heterocycles. The van der Waals surface area contributed by atoms with E-state index in [9.17, 15) is 4.79 Å². The van der Waals surface area contributed by atoms with Gasteiger partial charge < -0.3 is 9.47 Å². The summed E-state index contributed by atoms with van der Waals surface area (Å²) < 4.78 is 12.0. The molecule has 0 aromatic heterocycles. The molecule has 0 saturated heterocycles. The summed E-state index contributed by atoms with van der Waals surface area (Å²) in [5, 5.41) is 0. The molecule has 0 radical (unpaired) electrons. The molecule has 3 nitrogen and oxygen atoms in total. The highest BCUT2D eigenvalue weighted by Crippen LogP contribution is 2.36. The lowest BCUT2D eigenvalue weighted by Gasteiger charge is -2.13. The lowest BCUT2D eigenvalue weighted by atomic mass is 10.1. The van der Waals surface area contributed by atoms with E-state index in [2.05, 4.69) is 22.9 Å². The molecule has 0 heterocycles. The number of benzene rings is 2. The summed E-state index contributed by atoms with van der Waals surface area (Å²) >= 11 is 3.43. The number of ketones is 1. The first-order valence-electron chi connectivity index (χ1n) is 6.70. The third-order valence-electron chi connectivity index (χ3n) is 3.19. The summed E-state index contributed by atoms with van der Waals surface area (Å²) in [7, 11) is 1.62. The van der Waals surface area contributed by atoms with Crippen molar-refractivity contribution in [3.63, 3.8) is 0 Å². The zero-order valence-corrected chi connectivity index (χ0v) is 13.9. The van der Waals surface area contributed by atoms with E-state index in [4.69, 9.17) is 9.47 Å². The van der Waals surface area contributed by atoms with Crippen LogP contribution >= 0.6 is 15.9 Å². The van der Waals surface area contributed by atoms with E-state index in [1.165, 1.54) is 12.5 Å². The Morgan fingerprint density at radius 1 is 1.10 bits per heavy atom. The fourth-order valence-electron chi connectivity index (χ4n) is 1.94. The molecular weight excluding hydrogens is 332 g/mol. The minimum absolute atomic E-state index is 0.0205. The van der Waals surface area contributed by atoms with Crippen LogP contribution in [0.25, 0.3) is 0 Å². The Kier molecular flexibility index (Phi) is 5.02. The van der Waals surface area contributed by atoms with Gasteiger partial charge in [0.25, 0.3) is 0 Å². The van der Waals surface area contributed by atoms with Gasteiger partial charge in [-0.15, -0.1) is 0 Å². The number of hydrogen-bond acceptors (Lipinski definition) is 3. The predicted octanol–water partition coefficient (Wildman–Crippen LogP) is 5.02. The Morgan fingerprint density at radius 2 is 1.81 bits per heavy atom. The highest BCUT2D eigenvalue weighted by molar-refractivity contribution is 9.10. The fraction of sp³-hybridized carbons (Fsp3) is 0.235. The van der Waals surface area contributed by atoms with Gasteiger partial charge >= 0.3 is 0 Å². The Bertz CT molecular complexity index is 665. The summed E-state index contributed by atoms with van der Waals surface area (Å²) in [6.07, 6.45) is 0.938. The molecule has 4 heteroatoms. The average molecular weight is 349 g/mol. The van der Waals surface area contributed by atoms with Gasteiger partial charge in [0.1, 0.15) is 5.75 Å². The lowest BCUT2D eigenvalue weighted by Crippen LogP contribution is -1.95. The fourth-order valence-corrected chi connectivity index (χ4v) is 2.40. The van der Waals surface area contributed by atoms with E-state index in [-0.39, 0.29) is 5.78 Å². The number of aryl methyl sites for hydroxylation is 1. The van der Waals surface area contributed by atoms with Crippen LogP contribution in [0.2, 0.25) is 0 Å². The van der Waals surface area contributed by atoms with E-state index in [0.29, 0.717) is 22.8 Å². The van der Waals surface area contributed by atoms with Crippen molar-refractivity contribution >= 4 is 21.7 Å². The highest BCUT2D eigenvalue weighted by Gasteiger charge is 2.10. The van der Waals surface area contributed by atoms with Crippen LogP contribution in [0.1, 0.15) is 29.8 Å². The number of halogens is 1. The van der Waals surface area contributed by atoms with Crippen molar-refractivity contribution in [2.45, 2.75) is 20.3 Å². The van der Waals surface area contributed by atoms with Crippen molar-refractivity contribution < 1.29 is 14.3 Å². The zero-order valence-electron chi connectivity index (χ0n) is 12.3. The standard InChI is InChI=1S/C17H17BrO3/c1-4-12-5-7-16(17(9-12)20-3)21-15-8-6-13(11(2)19)10-14(15)18/h5-10H,4H2,1-3H3. The minimum atomic E-state index is 0.0205. The van der Waals surface area contributed by atoms with Crippen LogP contribution in [0, 0.1) is 0 Å². The van der Waals surface area contributed by atoms with Crippen molar-refractivity contribution in [1.29, 1.82) is 0 Å². The molecule has 0 spiro atoms. The highest BCUT2D eigenvalue weighted by atomic mass is 79.9. The second-order valence-corrected chi connectivity index (χ2v) is 5.50. The topological polar surface area (TPSA) is 35.5 Å². The molecule has 0 bridgehead atoms. The molecule has 0 N–H and O–H groups in total. The Hall–Kier alpha value is -1.81. The third-order valence-corrected chi connectivity index (χ3v) is 3.81. The van der Waals surface area contributed by atoms with Crippen molar-refractivity contribution in [2.75, 3.05) is 7.11 Å². The van der Waals surface area contributed by atoms with Gasteiger partial charge in [-0.2, -0.15) is 0 Å². The summed E-state index contributed by atoms with van der Waals surface area (Å²) in [6, 6.07) is 11.1. The van der Waals surface area contributed by atoms with Crippen LogP contribution in [-0.4, -0.2) is 12.9 Å². The Balaban J connectivity index is 2.32. The van der Waals surface area contributed by atoms with E-state index in [1.54, 1.807) is 25.3 Å². The number of hydrogen-bond donors (Lipinski definition) is 0. The molecule has 0 atom stereocenters. The van der Waals surface area contributed by atoms with E-state index < -0.39 is 0 Å². The monoisotopic (exact) mass is 348 g/mol. The van der Waals surface area contributed by atoms with E-state index in [1.807, 2.05) is 18.2 Å². The number of carbonyl (C=O) groups excluding carboxylic acids is 1. The molecule has 110 valence electrons. The Morgan fingerprint density at radius 3 is 2.38 bits per heavy atom. The summed E-state index contributed by atoms with van der Waals surface area (Å²) in [5.74, 6) is 2.00. The smallest absolute Gasteiger partial charge is 0.169 e. The number of Topliss-reactive ketones (excluding diaryl/α,β-unsaturated/α-hetero) is 1. The maximum Gasteiger partial charge on any atom is 0.169 e. The third kappa shape index (κ3) is 3.64. The molecule has 0 amide bonds. The zero-order chi connectivity index (χ0) is 15.4. The minimum Gasteiger partial charge on any atom is -0.493 e. The van der Waals surface area contributed by atoms with Gasteiger partial charge in [-0.3, -0.25) is 4.79 Å². The quantitative estimate of drug-likeness (QED) is 0.712. The van der Waals surface area contributed by atoms with Crippen molar-refractivity contribution in [2.24, 2.45) is 0 Å². The molecule has 2 aromatic carbocycles. The maximum absolute atomic E-state index is 11.4. The molecule has 0 aliphatic rings. The summed E-state index contributed by atoms with van der Waals surface area (Å²) in [5.41, 5.74) is 1.83. The first-order valence-corrected chi connectivity index (χ1v) is 7.49. The molecule has 0 aliphatic carbocycles. The first kappa shape index (κ1) is 15.6. The lowest BCUT2D eigenvalue weighted by molar-refractivity contribution is 0.101. The van der Waals surface area contributed by atoms with Crippen LogP contribution in [-0.2, 0) is 6.42 Å². The second kappa shape index (κ2) is 6.76. The van der Waals surface area contributed by atoms with Gasteiger partial charge in [-0.05, 0) is 65.2 Å². The number of rotatable bonds is 5. The van der Waals surface area contributed by atoms with Crippen molar-refractivity contribution in [3.05, 3.63) is 52.0 Å². The molecule has 0 saturated carbocycles. The second-order valence-electron chi connectivity index (χ2n) is 4.64. The van der Waals surface area contributed by atoms with Crippen molar-refractivity contribution in [3.8, 4) is 17.2 Å². The van der Waals surface area contributed by atoms with Gasteiger partial charge in [0.05, 0.1) is 11.6 Å². The van der Waals surface area contributed by atoms with Gasteiger partial charge in [-0.1, -0.05) is 13.0 Å². The van der Waals surface area contributed by atoms with Gasteiger partial charge in [0.15, 0.2) is 17.3 Å². The van der Waals surface area contributed by atoms with Gasteiger partial charge in [0.2, 0.25) is 0 Å². The molecule has 0 unspecified atom stereocenters. The van der Waals surface area contributed by atoms with Crippen LogP contribution in [0.3, 0.4) is 0 Å². The Labute approximate surface area is 133 Å². The SMILES string of the molecule is CCc1ccc(Oc2ccc(C(C)=O)cc2Br)c(OC)c1. The van der Waals surface area contributed by atoms with Crippen LogP contribution in [0.4, 0.5) is 0 Å². The largest absolute Gasteiger partial charge is 0.493 e. The predicted molar refractivity (Wildman–Crippen MR) is 86.6 cm³/mol. The molecule has 2 aromatic rings. The number of ether oxygens (including phenoxy) is 2. The molecule has 2 rings (SSSR count). The molecule has 0 fully saturated rings. The van der Waals surface area contributed by atoms with Crippen LogP contribution < -0.4 is 9.47 Å². The summed E-state index contributed by atoms with van der Waals surface area (Å²) in [4.78, 5) is 11.4. The maximum atomic E-state index is 11.4. The molecular formula is C17H17BrO3. The average Bonchev–Trinajstić information content (AvgIpc) is 2.49. The normalized spacial score (nSPS) is 10.3.